The van der Waals surface area contributed by atoms with E-state index in [1.807, 2.05) is 19.1 Å². The fraction of sp³-hybridized carbons (Fsp3) is 1.00. The van der Waals surface area contributed by atoms with Gasteiger partial charge in [-0.1, -0.05) is 26.2 Å². The Balaban J connectivity index is 2.05. The summed E-state index contributed by atoms with van der Waals surface area (Å²) in [6.45, 7) is 3.48. The Bertz CT molecular complexity index is 108. The Morgan fingerprint density at radius 3 is 2.45 bits per heavy atom. The third kappa shape index (κ3) is 2.80. The van der Waals surface area contributed by atoms with Crippen LogP contribution >= 0.6 is 0 Å². The summed E-state index contributed by atoms with van der Waals surface area (Å²) in [5, 5.41) is 2.04. The maximum Gasteiger partial charge on any atom is 0.0130 e. The first-order chi connectivity index (χ1) is 5.20. The molecule has 1 rings (SSSR count). The van der Waals surface area contributed by atoms with Crippen LogP contribution in [0.3, 0.4) is 0 Å². The molecule has 0 aromatic carbocycles. The van der Waals surface area contributed by atoms with Gasteiger partial charge < -0.3 is 0 Å². The number of hydrogen-bond acceptors (Lipinski definition) is 2. The van der Waals surface area contributed by atoms with Gasteiger partial charge in [0.15, 0.2) is 0 Å². The highest BCUT2D eigenvalue weighted by atomic mass is 15.5. The zero-order valence-electron chi connectivity index (χ0n) is 7.93. The lowest BCUT2D eigenvalue weighted by Crippen LogP contribution is -2.37. The van der Waals surface area contributed by atoms with Crippen molar-refractivity contribution in [3.63, 3.8) is 0 Å². The van der Waals surface area contributed by atoms with Gasteiger partial charge in [0.25, 0.3) is 0 Å². The topological polar surface area (TPSA) is 15.3 Å². The van der Waals surface area contributed by atoms with E-state index in [-0.39, 0.29) is 0 Å². The second-order valence-electron chi connectivity index (χ2n) is 3.92. The molecule has 1 saturated carbocycles. The Hall–Kier alpha value is -0.0800. The van der Waals surface area contributed by atoms with Crippen LogP contribution in [0.2, 0.25) is 0 Å². The largest absolute Gasteiger partial charge is 0.255 e. The lowest BCUT2D eigenvalue weighted by Gasteiger charge is -2.32. The van der Waals surface area contributed by atoms with E-state index in [1.54, 1.807) is 0 Å². The Morgan fingerprint density at radius 2 is 2.09 bits per heavy atom. The summed E-state index contributed by atoms with van der Waals surface area (Å²) < 4.78 is 0. The van der Waals surface area contributed by atoms with Gasteiger partial charge in [0.1, 0.15) is 0 Å². The van der Waals surface area contributed by atoms with Crippen LogP contribution in [0.1, 0.15) is 26.2 Å². The monoisotopic (exact) mass is 156 g/mol. The molecule has 1 unspecified atom stereocenters. The van der Waals surface area contributed by atoms with Crippen LogP contribution in [-0.4, -0.2) is 25.6 Å². The zero-order valence-corrected chi connectivity index (χ0v) is 7.93. The van der Waals surface area contributed by atoms with Crippen LogP contribution < -0.4 is 5.43 Å². The molecule has 0 bridgehead atoms. The summed E-state index contributed by atoms with van der Waals surface area (Å²) in [5.74, 6) is 1.86. The van der Waals surface area contributed by atoms with Crippen molar-refractivity contribution >= 4 is 0 Å². The molecule has 0 aliphatic heterocycles. The molecule has 1 atom stereocenters. The van der Waals surface area contributed by atoms with Crippen molar-refractivity contribution in [2.24, 2.45) is 11.8 Å². The molecular formula is C9H20N2. The molecule has 0 amide bonds. The maximum absolute atomic E-state index is 3.33. The molecule has 66 valence electrons. The molecule has 0 radical (unpaired) electrons. The van der Waals surface area contributed by atoms with Crippen LogP contribution in [0, 0.1) is 11.8 Å². The smallest absolute Gasteiger partial charge is 0.0130 e. The number of hydrazine groups is 1. The average molecular weight is 156 g/mol. The molecule has 0 heterocycles. The quantitative estimate of drug-likeness (QED) is 0.620. The standard InChI is InChI=1S/C9H20N2/c1-8(7-10-11(2)3)9-5-4-6-9/h8-10H,4-7H2,1-3H3. The Morgan fingerprint density at radius 1 is 1.45 bits per heavy atom. The van der Waals surface area contributed by atoms with E-state index in [9.17, 15) is 0 Å². The molecule has 0 aromatic rings. The second-order valence-corrected chi connectivity index (χ2v) is 3.92. The molecular weight excluding hydrogens is 136 g/mol. The molecule has 0 saturated heterocycles. The number of hydrogen-bond donors (Lipinski definition) is 1. The summed E-state index contributed by atoms with van der Waals surface area (Å²) in [5.41, 5.74) is 3.33. The van der Waals surface area contributed by atoms with Gasteiger partial charge in [0.2, 0.25) is 0 Å². The normalized spacial score (nSPS) is 21.8. The number of nitrogens with zero attached hydrogens (tertiary/aromatic N) is 1. The third-order valence-electron chi connectivity index (χ3n) is 2.68. The molecule has 2 nitrogen and oxygen atoms in total. The van der Waals surface area contributed by atoms with Gasteiger partial charge in [-0.15, -0.1) is 0 Å². The van der Waals surface area contributed by atoms with E-state index < -0.39 is 0 Å². The van der Waals surface area contributed by atoms with Crippen molar-refractivity contribution in [3.8, 4) is 0 Å². The van der Waals surface area contributed by atoms with Crippen LogP contribution in [0.4, 0.5) is 0 Å². The summed E-state index contributed by atoms with van der Waals surface area (Å²) in [4.78, 5) is 0. The van der Waals surface area contributed by atoms with E-state index in [2.05, 4.69) is 12.3 Å². The maximum atomic E-state index is 3.33. The summed E-state index contributed by atoms with van der Waals surface area (Å²) >= 11 is 0. The van der Waals surface area contributed by atoms with Crippen LogP contribution in [0.25, 0.3) is 0 Å². The first-order valence-corrected chi connectivity index (χ1v) is 4.61. The van der Waals surface area contributed by atoms with Crippen LogP contribution in [-0.2, 0) is 0 Å². The van der Waals surface area contributed by atoms with E-state index in [0.717, 1.165) is 18.4 Å². The van der Waals surface area contributed by atoms with Crippen molar-refractivity contribution in [1.82, 2.24) is 10.4 Å². The predicted molar refractivity (Wildman–Crippen MR) is 48.2 cm³/mol. The van der Waals surface area contributed by atoms with Crippen molar-refractivity contribution in [3.05, 3.63) is 0 Å². The number of nitrogens with one attached hydrogen (secondary N) is 1. The van der Waals surface area contributed by atoms with E-state index in [1.165, 1.54) is 19.3 Å². The molecule has 2 heteroatoms. The molecule has 1 aliphatic carbocycles. The first-order valence-electron chi connectivity index (χ1n) is 4.61. The van der Waals surface area contributed by atoms with Gasteiger partial charge in [-0.25, -0.2) is 0 Å². The molecule has 11 heavy (non-hydrogen) atoms. The molecule has 0 spiro atoms. The van der Waals surface area contributed by atoms with Gasteiger partial charge in [-0.2, -0.15) is 0 Å². The van der Waals surface area contributed by atoms with Crippen LogP contribution in [0.15, 0.2) is 0 Å². The number of rotatable bonds is 4. The summed E-state index contributed by atoms with van der Waals surface area (Å²) in [6.07, 6.45) is 4.36. The Labute approximate surface area is 69.9 Å². The summed E-state index contributed by atoms with van der Waals surface area (Å²) in [7, 11) is 4.10. The highest BCUT2D eigenvalue weighted by molar-refractivity contribution is 4.75. The van der Waals surface area contributed by atoms with Crippen molar-refractivity contribution in [2.45, 2.75) is 26.2 Å². The highest BCUT2D eigenvalue weighted by Crippen LogP contribution is 2.32. The van der Waals surface area contributed by atoms with Gasteiger partial charge in [-0.05, 0) is 11.8 Å². The van der Waals surface area contributed by atoms with E-state index in [4.69, 9.17) is 0 Å². The van der Waals surface area contributed by atoms with Crippen LogP contribution in [0.5, 0.6) is 0 Å². The van der Waals surface area contributed by atoms with E-state index in [0.29, 0.717) is 0 Å². The molecule has 1 aliphatic rings. The van der Waals surface area contributed by atoms with Crippen molar-refractivity contribution < 1.29 is 0 Å². The van der Waals surface area contributed by atoms with Gasteiger partial charge >= 0.3 is 0 Å². The fourth-order valence-electron chi connectivity index (χ4n) is 1.50. The van der Waals surface area contributed by atoms with Crippen molar-refractivity contribution in [1.29, 1.82) is 0 Å². The predicted octanol–water partition coefficient (Wildman–Crippen LogP) is 1.49. The van der Waals surface area contributed by atoms with Gasteiger partial charge in [-0.3, -0.25) is 10.4 Å². The SMILES string of the molecule is CC(CNN(C)C)C1CCC1. The minimum Gasteiger partial charge on any atom is -0.255 e. The van der Waals surface area contributed by atoms with Gasteiger partial charge in [0, 0.05) is 20.6 Å². The first kappa shape index (κ1) is 9.01. The Kier molecular flexibility index (Phi) is 3.34. The minimum absolute atomic E-state index is 0.853. The molecule has 1 fully saturated rings. The van der Waals surface area contributed by atoms with Gasteiger partial charge in [0.05, 0.1) is 0 Å². The van der Waals surface area contributed by atoms with Crippen molar-refractivity contribution in [2.75, 3.05) is 20.6 Å². The summed E-state index contributed by atoms with van der Waals surface area (Å²) in [6, 6.07) is 0. The fourth-order valence-corrected chi connectivity index (χ4v) is 1.50. The lowest BCUT2D eigenvalue weighted by atomic mass is 9.77. The second kappa shape index (κ2) is 4.07. The minimum atomic E-state index is 0.853. The average Bonchev–Trinajstić information content (AvgIpc) is 1.79. The molecule has 0 aromatic heterocycles. The zero-order chi connectivity index (χ0) is 8.27. The highest BCUT2D eigenvalue weighted by Gasteiger charge is 2.23. The molecule has 1 N–H and O–H groups in total. The van der Waals surface area contributed by atoms with E-state index >= 15 is 0 Å². The lowest BCUT2D eigenvalue weighted by molar-refractivity contribution is 0.179. The third-order valence-corrected chi connectivity index (χ3v) is 2.68.